The molecular formula is C21H18F2O2S. The van der Waals surface area contributed by atoms with Gasteiger partial charge in [0.15, 0.2) is 11.6 Å². The molecule has 0 aliphatic heterocycles. The maximum atomic E-state index is 14.7. The minimum absolute atomic E-state index is 0.371. The minimum Gasteiger partial charge on any atom is -0.382 e. The molecule has 1 heterocycles. The fourth-order valence-corrected chi connectivity index (χ4v) is 4.51. The Labute approximate surface area is 155 Å². The number of ether oxygens (including phenoxy) is 2. The molecule has 0 spiro atoms. The van der Waals surface area contributed by atoms with Crippen molar-refractivity contribution in [3.63, 3.8) is 0 Å². The van der Waals surface area contributed by atoms with Gasteiger partial charge < -0.3 is 9.47 Å². The van der Waals surface area contributed by atoms with Crippen LogP contribution in [0.4, 0.5) is 8.78 Å². The van der Waals surface area contributed by atoms with Crippen LogP contribution in [-0.4, -0.2) is 20.3 Å². The molecule has 0 fully saturated rings. The van der Waals surface area contributed by atoms with Gasteiger partial charge in [-0.1, -0.05) is 30.3 Å². The molecule has 1 aliphatic carbocycles. The second-order valence-corrected chi connectivity index (χ2v) is 7.37. The topological polar surface area (TPSA) is 18.5 Å². The Morgan fingerprint density at radius 1 is 1.00 bits per heavy atom. The molecule has 4 rings (SSSR count). The normalized spacial score (nSPS) is 12.3. The van der Waals surface area contributed by atoms with E-state index in [1.165, 1.54) is 6.07 Å². The summed E-state index contributed by atoms with van der Waals surface area (Å²) < 4.78 is 39.3. The number of hydrogen-bond acceptors (Lipinski definition) is 3. The summed E-state index contributed by atoms with van der Waals surface area (Å²) >= 11 is 1.57. The van der Waals surface area contributed by atoms with Crippen molar-refractivity contribution in [3.8, 4) is 21.6 Å². The molecule has 0 amide bonds. The van der Waals surface area contributed by atoms with Crippen LogP contribution in [0.5, 0.6) is 0 Å². The summed E-state index contributed by atoms with van der Waals surface area (Å²) in [6.45, 7) is 1.45. The van der Waals surface area contributed by atoms with E-state index in [2.05, 4.69) is 0 Å². The Balaban J connectivity index is 1.84. The first-order valence-electron chi connectivity index (χ1n) is 8.44. The smallest absolute Gasteiger partial charge is 0.166 e. The van der Waals surface area contributed by atoms with Crippen molar-refractivity contribution in [1.82, 2.24) is 0 Å². The third-order valence-corrected chi connectivity index (χ3v) is 5.69. The molecule has 2 nitrogen and oxygen atoms in total. The summed E-state index contributed by atoms with van der Waals surface area (Å²) in [5.41, 5.74) is 4.12. The predicted octanol–water partition coefficient (Wildman–Crippen LogP) is 5.43. The van der Waals surface area contributed by atoms with Gasteiger partial charge in [-0.3, -0.25) is 0 Å². The highest BCUT2D eigenvalue weighted by Crippen LogP contribution is 2.46. The Morgan fingerprint density at radius 2 is 1.85 bits per heavy atom. The van der Waals surface area contributed by atoms with Crippen molar-refractivity contribution in [3.05, 3.63) is 70.1 Å². The summed E-state index contributed by atoms with van der Waals surface area (Å²) in [6, 6.07) is 12.9. The zero-order valence-corrected chi connectivity index (χ0v) is 15.2. The molecule has 3 aromatic rings. The second kappa shape index (κ2) is 7.27. The number of benzene rings is 2. The highest BCUT2D eigenvalue weighted by molar-refractivity contribution is 7.16. The Morgan fingerprint density at radius 3 is 2.69 bits per heavy atom. The minimum atomic E-state index is -0.815. The zero-order valence-electron chi connectivity index (χ0n) is 14.4. The van der Waals surface area contributed by atoms with Crippen molar-refractivity contribution in [2.24, 2.45) is 0 Å². The summed E-state index contributed by atoms with van der Waals surface area (Å²) in [7, 11) is 1.63. The van der Waals surface area contributed by atoms with Crippen LogP contribution in [-0.2, 0) is 22.5 Å². The highest BCUT2D eigenvalue weighted by Gasteiger charge is 2.25. The fourth-order valence-electron chi connectivity index (χ4n) is 3.34. The lowest BCUT2D eigenvalue weighted by atomic mass is 9.98. The lowest BCUT2D eigenvalue weighted by Gasteiger charge is -2.08. The number of methoxy groups -OCH3 is 1. The van der Waals surface area contributed by atoms with Gasteiger partial charge in [0.05, 0.1) is 19.8 Å². The number of hydrogen-bond donors (Lipinski definition) is 0. The average molecular weight is 372 g/mol. The molecule has 1 aliphatic rings. The van der Waals surface area contributed by atoms with Gasteiger partial charge in [-0.25, -0.2) is 8.78 Å². The number of halogens is 2. The van der Waals surface area contributed by atoms with Gasteiger partial charge in [0, 0.05) is 28.0 Å². The van der Waals surface area contributed by atoms with E-state index in [0.29, 0.717) is 31.8 Å². The quantitative estimate of drug-likeness (QED) is 0.435. The van der Waals surface area contributed by atoms with Gasteiger partial charge in [0.2, 0.25) is 0 Å². The summed E-state index contributed by atoms with van der Waals surface area (Å²) in [5, 5.41) is 0. The second-order valence-electron chi connectivity index (χ2n) is 6.23. The van der Waals surface area contributed by atoms with Crippen LogP contribution in [0.3, 0.4) is 0 Å². The molecule has 0 atom stereocenters. The molecule has 0 N–H and O–H groups in total. The largest absolute Gasteiger partial charge is 0.382 e. The van der Waals surface area contributed by atoms with E-state index >= 15 is 0 Å². The van der Waals surface area contributed by atoms with Crippen LogP contribution in [0.2, 0.25) is 0 Å². The molecule has 2 aromatic carbocycles. The van der Waals surface area contributed by atoms with E-state index in [1.807, 2.05) is 30.3 Å². The summed E-state index contributed by atoms with van der Waals surface area (Å²) in [4.78, 5) is 1.95. The van der Waals surface area contributed by atoms with Crippen LogP contribution in [0, 0.1) is 11.6 Å². The number of rotatable bonds is 5. The lowest BCUT2D eigenvalue weighted by Crippen LogP contribution is -2.00. The van der Waals surface area contributed by atoms with E-state index in [9.17, 15) is 8.78 Å². The van der Waals surface area contributed by atoms with Crippen molar-refractivity contribution >= 4 is 11.3 Å². The van der Waals surface area contributed by atoms with Gasteiger partial charge in [-0.05, 0) is 35.2 Å². The average Bonchev–Trinajstić information content (AvgIpc) is 3.00. The number of fused-ring (bicyclic) bond motifs is 5. The van der Waals surface area contributed by atoms with E-state index in [0.717, 1.165) is 32.0 Å². The van der Waals surface area contributed by atoms with Gasteiger partial charge in [0.1, 0.15) is 0 Å². The van der Waals surface area contributed by atoms with E-state index in [4.69, 9.17) is 9.47 Å². The van der Waals surface area contributed by atoms with Crippen LogP contribution in [0.1, 0.15) is 16.0 Å². The van der Waals surface area contributed by atoms with Crippen molar-refractivity contribution in [2.45, 2.75) is 13.0 Å². The van der Waals surface area contributed by atoms with Gasteiger partial charge in [-0.15, -0.1) is 11.3 Å². The van der Waals surface area contributed by atoms with Gasteiger partial charge in [-0.2, -0.15) is 0 Å². The molecule has 0 saturated heterocycles. The molecule has 1 aromatic heterocycles. The maximum Gasteiger partial charge on any atom is 0.166 e. The molecular weight excluding hydrogens is 354 g/mol. The predicted molar refractivity (Wildman–Crippen MR) is 99.4 cm³/mol. The Hall–Kier alpha value is -2.08. The highest BCUT2D eigenvalue weighted by atomic mass is 32.1. The first kappa shape index (κ1) is 17.3. The number of thiophene rings is 1. The van der Waals surface area contributed by atoms with Gasteiger partial charge in [0.25, 0.3) is 0 Å². The molecule has 0 unspecified atom stereocenters. The SMILES string of the molecule is COCCOCc1cc2c(s1)-c1ccccc1Cc1ccc(F)c(F)c1-2. The molecule has 0 bridgehead atoms. The first-order chi connectivity index (χ1) is 12.7. The van der Waals surface area contributed by atoms with Crippen LogP contribution in [0.25, 0.3) is 21.6 Å². The molecule has 26 heavy (non-hydrogen) atoms. The van der Waals surface area contributed by atoms with Gasteiger partial charge >= 0.3 is 0 Å². The fraction of sp³-hybridized carbons (Fsp3) is 0.238. The van der Waals surface area contributed by atoms with Crippen molar-refractivity contribution in [1.29, 1.82) is 0 Å². The van der Waals surface area contributed by atoms with Crippen LogP contribution < -0.4 is 0 Å². The van der Waals surface area contributed by atoms with E-state index in [1.54, 1.807) is 24.5 Å². The maximum absolute atomic E-state index is 14.7. The van der Waals surface area contributed by atoms with Crippen molar-refractivity contribution < 1.29 is 18.3 Å². The van der Waals surface area contributed by atoms with Crippen LogP contribution in [0.15, 0.2) is 42.5 Å². The van der Waals surface area contributed by atoms with Crippen LogP contribution >= 0.6 is 11.3 Å². The first-order valence-corrected chi connectivity index (χ1v) is 9.25. The zero-order chi connectivity index (χ0) is 18.1. The summed E-state index contributed by atoms with van der Waals surface area (Å²) in [5.74, 6) is -1.59. The third kappa shape index (κ3) is 3.07. The Bertz CT molecular complexity index is 949. The van der Waals surface area contributed by atoms with E-state index in [-0.39, 0.29) is 0 Å². The monoisotopic (exact) mass is 372 g/mol. The third-order valence-electron chi connectivity index (χ3n) is 4.55. The molecule has 0 radical (unpaired) electrons. The van der Waals surface area contributed by atoms with E-state index < -0.39 is 11.6 Å². The standard InChI is InChI=1S/C21H18F2O2S/c1-24-8-9-25-12-15-11-17-19-14(6-7-18(22)20(19)23)10-13-4-2-3-5-16(13)21(17)26-15/h2-7,11H,8-10,12H2,1H3. The summed E-state index contributed by atoms with van der Waals surface area (Å²) in [6.07, 6.45) is 0.587. The molecule has 0 saturated carbocycles. The lowest BCUT2D eigenvalue weighted by molar-refractivity contribution is 0.0629. The molecule has 5 heteroatoms. The Kier molecular flexibility index (Phi) is 4.85. The van der Waals surface area contributed by atoms with Crippen molar-refractivity contribution in [2.75, 3.05) is 20.3 Å². The molecule has 134 valence electrons.